The van der Waals surface area contributed by atoms with Crippen LogP contribution >= 0.6 is 23.1 Å². The quantitative estimate of drug-likeness (QED) is 0.368. The van der Waals surface area contributed by atoms with E-state index in [1.165, 1.54) is 23.1 Å². The van der Waals surface area contributed by atoms with Crippen molar-refractivity contribution in [2.24, 2.45) is 0 Å². The van der Waals surface area contributed by atoms with Crippen molar-refractivity contribution in [3.8, 4) is 11.3 Å². The predicted molar refractivity (Wildman–Crippen MR) is 118 cm³/mol. The first-order valence-corrected chi connectivity index (χ1v) is 10.9. The summed E-state index contributed by atoms with van der Waals surface area (Å²) in [6, 6.07) is 15.7. The van der Waals surface area contributed by atoms with E-state index in [0.717, 1.165) is 33.4 Å². The second-order valence-electron chi connectivity index (χ2n) is 6.49. The number of aromatic amines is 1. The molecular weight excluding hydrogens is 404 g/mol. The molecule has 0 aliphatic rings. The number of nitrogens with zero attached hydrogens (tertiary/aromatic N) is 2. The number of carbonyl (C=O) groups is 1. The number of benzene rings is 2. The van der Waals surface area contributed by atoms with Crippen molar-refractivity contribution < 1.29 is 9.21 Å². The van der Waals surface area contributed by atoms with E-state index in [1.54, 1.807) is 0 Å². The maximum absolute atomic E-state index is 12.3. The van der Waals surface area contributed by atoms with Crippen LogP contribution in [-0.2, 0) is 4.79 Å². The molecule has 5 aromatic rings. The number of carbonyl (C=O) groups excluding carboxylic acids is 1. The van der Waals surface area contributed by atoms with Crippen LogP contribution in [0.25, 0.3) is 33.3 Å². The topological polar surface area (TPSA) is 83.8 Å². The van der Waals surface area contributed by atoms with Crippen LogP contribution in [0.4, 0.5) is 5.13 Å². The summed E-state index contributed by atoms with van der Waals surface area (Å²) < 4.78 is 5.63. The number of thiazole rings is 1. The highest BCUT2D eigenvalue weighted by molar-refractivity contribution is 7.99. The Morgan fingerprint density at radius 3 is 2.90 bits per heavy atom. The van der Waals surface area contributed by atoms with Gasteiger partial charge in [-0.05, 0) is 25.1 Å². The van der Waals surface area contributed by atoms with Crippen molar-refractivity contribution in [2.45, 2.75) is 12.1 Å². The minimum absolute atomic E-state index is 0.145. The summed E-state index contributed by atoms with van der Waals surface area (Å²) in [7, 11) is 0. The van der Waals surface area contributed by atoms with Gasteiger partial charge in [0.1, 0.15) is 5.52 Å². The maximum atomic E-state index is 12.3. The Balaban J connectivity index is 1.28. The van der Waals surface area contributed by atoms with Gasteiger partial charge in [-0.1, -0.05) is 42.1 Å². The van der Waals surface area contributed by atoms with Gasteiger partial charge in [-0.25, -0.2) is 9.97 Å². The molecule has 2 aromatic carbocycles. The summed E-state index contributed by atoms with van der Waals surface area (Å²) in [4.78, 5) is 24.7. The number of aryl methyl sites for hydroxylation is 1. The third-order valence-corrected chi connectivity index (χ3v) is 6.09. The summed E-state index contributed by atoms with van der Waals surface area (Å²) in [6.07, 6.45) is 0. The van der Waals surface area contributed by atoms with E-state index in [4.69, 9.17) is 4.42 Å². The van der Waals surface area contributed by atoms with Crippen molar-refractivity contribution in [2.75, 3.05) is 11.1 Å². The zero-order chi connectivity index (χ0) is 19.8. The van der Waals surface area contributed by atoms with Gasteiger partial charge in [0.05, 0.1) is 11.4 Å². The molecule has 144 valence electrons. The molecule has 29 heavy (non-hydrogen) atoms. The van der Waals surface area contributed by atoms with Crippen LogP contribution in [0.15, 0.2) is 63.6 Å². The standard InChI is InChI=1S/C21H16N4O2S2/c1-12-19(13-6-2-3-7-14(13)22-12)16-10-28-20(23-16)25-18(26)11-29-21-24-15-8-4-5-9-17(15)27-21/h2-10,22H,11H2,1H3,(H,23,25,26). The number of H-pyrrole nitrogens is 1. The van der Waals surface area contributed by atoms with E-state index in [9.17, 15) is 4.79 Å². The van der Waals surface area contributed by atoms with Gasteiger partial charge in [0.2, 0.25) is 5.91 Å². The van der Waals surface area contributed by atoms with Gasteiger partial charge in [-0.3, -0.25) is 4.79 Å². The smallest absolute Gasteiger partial charge is 0.257 e. The molecule has 0 radical (unpaired) electrons. The Bertz CT molecular complexity index is 1300. The number of rotatable bonds is 5. The SMILES string of the molecule is Cc1[nH]c2ccccc2c1-c1csc(NC(=O)CSc2nc3ccccc3o2)n1. The van der Waals surface area contributed by atoms with Crippen LogP contribution in [0.2, 0.25) is 0 Å². The number of hydrogen-bond donors (Lipinski definition) is 2. The lowest BCUT2D eigenvalue weighted by Crippen LogP contribution is -2.13. The van der Waals surface area contributed by atoms with E-state index >= 15 is 0 Å². The predicted octanol–water partition coefficient (Wildman–Crippen LogP) is 5.47. The first-order chi connectivity index (χ1) is 14.2. The highest BCUT2D eigenvalue weighted by Gasteiger charge is 2.15. The van der Waals surface area contributed by atoms with Gasteiger partial charge in [-0.2, -0.15) is 0 Å². The van der Waals surface area contributed by atoms with Crippen LogP contribution in [0.3, 0.4) is 0 Å². The van der Waals surface area contributed by atoms with E-state index < -0.39 is 0 Å². The Hall–Kier alpha value is -3.10. The molecule has 0 atom stereocenters. The fourth-order valence-electron chi connectivity index (χ4n) is 3.25. The molecule has 0 saturated carbocycles. The largest absolute Gasteiger partial charge is 0.431 e. The van der Waals surface area contributed by atoms with Crippen LogP contribution in [0, 0.1) is 6.92 Å². The first kappa shape index (κ1) is 18.0. The number of hydrogen-bond acceptors (Lipinski definition) is 6. The van der Waals surface area contributed by atoms with Crippen molar-refractivity contribution in [1.82, 2.24) is 15.0 Å². The molecule has 6 nitrogen and oxygen atoms in total. The summed E-state index contributed by atoms with van der Waals surface area (Å²) in [5.74, 6) is 0.0576. The molecule has 3 heterocycles. The summed E-state index contributed by atoms with van der Waals surface area (Å²) in [6.45, 7) is 2.03. The second kappa shape index (κ2) is 7.38. The van der Waals surface area contributed by atoms with Gasteiger partial charge < -0.3 is 14.7 Å². The van der Waals surface area contributed by atoms with Gasteiger partial charge in [0.25, 0.3) is 5.22 Å². The Labute approximate surface area is 174 Å². The molecule has 0 fully saturated rings. The Kier molecular flexibility index (Phi) is 4.57. The first-order valence-electron chi connectivity index (χ1n) is 8.99. The Morgan fingerprint density at radius 2 is 2.00 bits per heavy atom. The number of para-hydroxylation sites is 3. The van der Waals surface area contributed by atoms with Crippen molar-refractivity contribution in [3.05, 3.63) is 59.6 Å². The number of thioether (sulfide) groups is 1. The van der Waals surface area contributed by atoms with Gasteiger partial charge >= 0.3 is 0 Å². The molecule has 0 saturated heterocycles. The molecule has 0 unspecified atom stereocenters. The average molecular weight is 421 g/mol. The average Bonchev–Trinajstić information content (AvgIpc) is 3.41. The van der Waals surface area contributed by atoms with Crippen molar-refractivity contribution >= 4 is 56.1 Å². The molecule has 2 N–H and O–H groups in total. The van der Waals surface area contributed by atoms with Gasteiger partial charge in [-0.15, -0.1) is 11.3 Å². The molecule has 0 spiro atoms. The second-order valence-corrected chi connectivity index (χ2v) is 8.28. The summed E-state index contributed by atoms with van der Waals surface area (Å²) in [5.41, 5.74) is 5.56. The molecule has 1 amide bonds. The fourth-order valence-corrected chi connectivity index (χ4v) is 4.60. The number of aromatic nitrogens is 3. The van der Waals surface area contributed by atoms with E-state index in [1.807, 2.05) is 54.8 Å². The number of anilines is 1. The van der Waals surface area contributed by atoms with E-state index in [2.05, 4.69) is 26.3 Å². The molecule has 3 aromatic heterocycles. The van der Waals surface area contributed by atoms with Gasteiger partial charge in [0, 0.05) is 27.5 Å². The maximum Gasteiger partial charge on any atom is 0.257 e. The lowest BCUT2D eigenvalue weighted by atomic mass is 10.1. The van der Waals surface area contributed by atoms with Crippen LogP contribution in [0.1, 0.15) is 5.69 Å². The lowest BCUT2D eigenvalue weighted by Gasteiger charge is -2.00. The molecule has 0 aliphatic carbocycles. The highest BCUT2D eigenvalue weighted by Crippen LogP contribution is 2.34. The van der Waals surface area contributed by atoms with Crippen molar-refractivity contribution in [1.29, 1.82) is 0 Å². The monoisotopic (exact) mass is 420 g/mol. The Morgan fingerprint density at radius 1 is 1.17 bits per heavy atom. The minimum atomic E-state index is -0.145. The van der Waals surface area contributed by atoms with Crippen LogP contribution in [0.5, 0.6) is 0 Å². The number of nitrogens with one attached hydrogen (secondary N) is 2. The summed E-state index contributed by atoms with van der Waals surface area (Å²) in [5, 5.41) is 7.01. The molecule has 5 rings (SSSR count). The molecule has 0 aliphatic heterocycles. The number of amides is 1. The third kappa shape index (κ3) is 3.52. The number of oxazole rings is 1. The van der Waals surface area contributed by atoms with E-state index in [0.29, 0.717) is 15.9 Å². The van der Waals surface area contributed by atoms with Crippen LogP contribution < -0.4 is 5.32 Å². The zero-order valence-corrected chi connectivity index (χ0v) is 17.1. The van der Waals surface area contributed by atoms with E-state index in [-0.39, 0.29) is 11.7 Å². The zero-order valence-electron chi connectivity index (χ0n) is 15.4. The lowest BCUT2D eigenvalue weighted by molar-refractivity contribution is -0.113. The van der Waals surface area contributed by atoms with Crippen LogP contribution in [-0.4, -0.2) is 26.6 Å². The normalized spacial score (nSPS) is 11.3. The number of fused-ring (bicyclic) bond motifs is 2. The van der Waals surface area contributed by atoms with Crippen molar-refractivity contribution in [3.63, 3.8) is 0 Å². The minimum Gasteiger partial charge on any atom is -0.431 e. The highest BCUT2D eigenvalue weighted by atomic mass is 32.2. The fraction of sp³-hybridized carbons (Fsp3) is 0.0952. The summed E-state index contributed by atoms with van der Waals surface area (Å²) >= 11 is 2.68. The molecular formula is C21H16N4O2S2. The third-order valence-electron chi connectivity index (χ3n) is 4.50. The van der Waals surface area contributed by atoms with Gasteiger partial charge in [0.15, 0.2) is 10.7 Å². The molecule has 8 heteroatoms. The molecule has 0 bridgehead atoms.